The second-order valence-electron chi connectivity index (χ2n) is 10.4. The lowest BCUT2D eigenvalue weighted by molar-refractivity contribution is -0.139. The quantitative estimate of drug-likeness (QED) is 0.442. The van der Waals surface area contributed by atoms with Crippen LogP contribution in [0.1, 0.15) is 36.4 Å². The number of benzene rings is 2. The molecule has 6 rings (SSSR count). The minimum Gasteiger partial charge on any atom is -0.480 e. The Morgan fingerprint density at radius 2 is 1.89 bits per heavy atom. The number of anilines is 3. The van der Waals surface area contributed by atoms with Gasteiger partial charge < -0.3 is 15.3 Å². The van der Waals surface area contributed by atoms with Gasteiger partial charge in [-0.25, -0.2) is 9.97 Å². The van der Waals surface area contributed by atoms with Gasteiger partial charge in [-0.15, -0.1) is 0 Å². The van der Waals surface area contributed by atoms with E-state index in [0.29, 0.717) is 24.1 Å². The van der Waals surface area contributed by atoms with E-state index in [-0.39, 0.29) is 0 Å². The number of likely N-dealkylation sites (N-methyl/N-ethyl adjacent to an activating group) is 1. The fourth-order valence-electron chi connectivity index (χ4n) is 5.57. The Bertz CT molecular complexity index is 1270. The van der Waals surface area contributed by atoms with Crippen molar-refractivity contribution in [2.24, 2.45) is 0 Å². The molecular weight excluding hydrogens is 452 g/mol. The molecule has 8 heteroatoms. The van der Waals surface area contributed by atoms with E-state index in [1.165, 1.54) is 17.7 Å². The predicted molar refractivity (Wildman–Crippen MR) is 141 cm³/mol. The van der Waals surface area contributed by atoms with Gasteiger partial charge in [-0.3, -0.25) is 15.0 Å². The number of carboxylic acids is 1. The Kier molecular flexibility index (Phi) is 5.85. The summed E-state index contributed by atoms with van der Waals surface area (Å²) in [6.07, 6.45) is 5.08. The third-order valence-electron chi connectivity index (χ3n) is 7.70. The van der Waals surface area contributed by atoms with Gasteiger partial charge in [0.25, 0.3) is 0 Å². The van der Waals surface area contributed by atoms with Crippen molar-refractivity contribution in [2.75, 3.05) is 30.4 Å². The number of piperazine rings is 1. The van der Waals surface area contributed by atoms with Gasteiger partial charge in [-0.05, 0) is 68.6 Å². The van der Waals surface area contributed by atoms with Crippen LogP contribution in [0.5, 0.6) is 0 Å². The molecule has 2 aliphatic heterocycles. The first-order valence-corrected chi connectivity index (χ1v) is 12.7. The molecule has 2 saturated heterocycles. The van der Waals surface area contributed by atoms with Crippen molar-refractivity contribution in [3.63, 3.8) is 0 Å². The summed E-state index contributed by atoms with van der Waals surface area (Å²) in [6.45, 7) is 4.40. The number of nitrogens with one attached hydrogen (secondary N) is 2. The Balaban J connectivity index is 1.16. The smallest absolute Gasteiger partial charge is 0.325 e. The van der Waals surface area contributed by atoms with E-state index in [4.69, 9.17) is 4.98 Å². The highest BCUT2D eigenvalue weighted by Gasteiger charge is 2.41. The number of nitrogens with zero attached hydrogens (tertiary/aromatic N) is 4. The molecular formula is C28H32N6O2. The van der Waals surface area contributed by atoms with Gasteiger partial charge in [0.15, 0.2) is 0 Å². The minimum atomic E-state index is -0.853. The number of carboxylic acid groups (broad SMARTS) is 1. The molecule has 186 valence electrons. The highest BCUT2D eigenvalue weighted by molar-refractivity contribution is 5.76. The van der Waals surface area contributed by atoms with E-state index in [9.17, 15) is 9.90 Å². The van der Waals surface area contributed by atoms with Crippen LogP contribution in [0.3, 0.4) is 0 Å². The van der Waals surface area contributed by atoms with E-state index in [0.717, 1.165) is 48.4 Å². The fourth-order valence-corrected chi connectivity index (χ4v) is 5.57. The molecule has 0 radical (unpaired) electrons. The van der Waals surface area contributed by atoms with Crippen LogP contribution in [-0.4, -0.2) is 64.2 Å². The number of hydrogen-bond acceptors (Lipinski definition) is 7. The number of fused-ring (bicyclic) bond motifs is 2. The Labute approximate surface area is 211 Å². The lowest BCUT2D eigenvalue weighted by Gasteiger charge is -2.34. The molecule has 2 aromatic carbocycles. The maximum atomic E-state index is 11.7. The van der Waals surface area contributed by atoms with Crippen molar-refractivity contribution in [3.05, 3.63) is 65.9 Å². The summed E-state index contributed by atoms with van der Waals surface area (Å²) in [6, 6.07) is 16.8. The molecule has 3 atom stereocenters. The summed E-state index contributed by atoms with van der Waals surface area (Å²) >= 11 is 0. The minimum absolute atomic E-state index is 0.311. The Morgan fingerprint density at radius 1 is 1.08 bits per heavy atom. The zero-order chi connectivity index (χ0) is 24.8. The number of aryl methyl sites for hydroxylation is 1. The molecule has 3 aliphatic rings. The van der Waals surface area contributed by atoms with Crippen LogP contribution in [0.15, 0.2) is 54.7 Å². The summed E-state index contributed by atoms with van der Waals surface area (Å²) in [5.41, 5.74) is 5.97. The standard InChI is InChI=1S/C28H32N6O2/c1-17-13-21(9-10-25(17)34-16-22-14-23(34)15-33(22)2)31-28-29-12-11-24(32-28)18-3-5-19(6-4-18)26(27(35)36)30-20-7-8-20/h3-6,9-13,20,22-23,26,30H,7-8,14-16H2,1-2H3,(H,35,36)(H,29,31,32)/t22-,23-,26?/m0/s1. The van der Waals surface area contributed by atoms with Crippen LogP contribution < -0.4 is 15.5 Å². The van der Waals surface area contributed by atoms with E-state index in [1.54, 1.807) is 6.20 Å². The van der Waals surface area contributed by atoms with Crippen molar-refractivity contribution in [1.29, 1.82) is 0 Å². The molecule has 3 N–H and O–H groups in total. The molecule has 1 saturated carbocycles. The molecule has 3 heterocycles. The summed E-state index contributed by atoms with van der Waals surface area (Å²) in [5.74, 6) is -0.321. The van der Waals surface area contributed by atoms with Gasteiger partial charge in [0.05, 0.1) is 5.69 Å². The maximum absolute atomic E-state index is 11.7. The third-order valence-corrected chi connectivity index (χ3v) is 7.70. The number of aliphatic carboxylic acids is 1. The van der Waals surface area contributed by atoms with Gasteiger partial charge in [0, 0.05) is 54.4 Å². The van der Waals surface area contributed by atoms with Gasteiger partial charge in [0.2, 0.25) is 5.95 Å². The maximum Gasteiger partial charge on any atom is 0.325 e. The molecule has 36 heavy (non-hydrogen) atoms. The van der Waals surface area contributed by atoms with Crippen LogP contribution in [0.25, 0.3) is 11.3 Å². The van der Waals surface area contributed by atoms with E-state index in [2.05, 4.69) is 57.6 Å². The van der Waals surface area contributed by atoms with Gasteiger partial charge in [0.1, 0.15) is 6.04 Å². The van der Waals surface area contributed by atoms with Crippen LogP contribution >= 0.6 is 0 Å². The molecule has 3 aromatic rings. The number of aromatic nitrogens is 2. The van der Waals surface area contributed by atoms with Gasteiger partial charge in [-0.2, -0.15) is 0 Å². The number of hydrogen-bond donors (Lipinski definition) is 3. The molecule has 1 aromatic heterocycles. The second-order valence-corrected chi connectivity index (χ2v) is 10.4. The SMILES string of the molecule is Cc1cc(Nc2nccc(-c3ccc(C(NC4CC4)C(=O)O)cc3)n2)ccc1N1C[C@@H]2C[C@H]1CN2C. The summed E-state index contributed by atoms with van der Waals surface area (Å²) in [5, 5.41) is 16.2. The normalized spacial score (nSPS) is 22.1. The van der Waals surface area contributed by atoms with Crippen LogP contribution in [0.2, 0.25) is 0 Å². The topological polar surface area (TPSA) is 93.6 Å². The predicted octanol–water partition coefficient (Wildman–Crippen LogP) is 3.97. The van der Waals surface area contributed by atoms with E-state index < -0.39 is 12.0 Å². The first kappa shape index (κ1) is 22.9. The van der Waals surface area contributed by atoms with E-state index >= 15 is 0 Å². The lowest BCUT2D eigenvalue weighted by atomic mass is 10.0. The monoisotopic (exact) mass is 484 g/mol. The van der Waals surface area contributed by atoms with Gasteiger partial charge >= 0.3 is 5.97 Å². The van der Waals surface area contributed by atoms with Crippen LogP contribution in [0, 0.1) is 6.92 Å². The molecule has 8 nitrogen and oxygen atoms in total. The van der Waals surface area contributed by atoms with Gasteiger partial charge in [-0.1, -0.05) is 24.3 Å². The molecule has 3 fully saturated rings. The zero-order valence-electron chi connectivity index (χ0n) is 20.7. The molecule has 1 aliphatic carbocycles. The fraction of sp³-hybridized carbons (Fsp3) is 0.393. The highest BCUT2D eigenvalue weighted by Crippen LogP contribution is 2.36. The summed E-state index contributed by atoms with van der Waals surface area (Å²) in [4.78, 5) is 25.9. The first-order chi connectivity index (χ1) is 17.4. The molecule has 0 spiro atoms. The molecule has 2 bridgehead atoms. The molecule has 0 amide bonds. The highest BCUT2D eigenvalue weighted by atomic mass is 16.4. The average Bonchev–Trinajstić information content (AvgIpc) is 3.50. The van der Waals surface area contributed by atoms with Crippen molar-refractivity contribution in [1.82, 2.24) is 20.2 Å². The second kappa shape index (κ2) is 9.19. The third kappa shape index (κ3) is 4.54. The largest absolute Gasteiger partial charge is 0.480 e. The van der Waals surface area contributed by atoms with Crippen molar-refractivity contribution >= 4 is 23.3 Å². The number of rotatable bonds is 8. The van der Waals surface area contributed by atoms with Crippen LogP contribution in [0.4, 0.5) is 17.3 Å². The summed E-state index contributed by atoms with van der Waals surface area (Å²) < 4.78 is 0. The number of likely N-dealkylation sites (tertiary alicyclic amines) is 1. The summed E-state index contributed by atoms with van der Waals surface area (Å²) in [7, 11) is 2.23. The number of carbonyl (C=O) groups is 1. The Hall–Kier alpha value is -3.49. The van der Waals surface area contributed by atoms with Crippen molar-refractivity contribution in [3.8, 4) is 11.3 Å². The van der Waals surface area contributed by atoms with E-state index in [1.807, 2.05) is 30.3 Å². The Morgan fingerprint density at radius 3 is 2.53 bits per heavy atom. The van der Waals surface area contributed by atoms with Crippen LogP contribution in [-0.2, 0) is 4.79 Å². The van der Waals surface area contributed by atoms with Crippen molar-refractivity contribution in [2.45, 2.75) is 50.4 Å². The van der Waals surface area contributed by atoms with Crippen molar-refractivity contribution < 1.29 is 9.90 Å². The lowest BCUT2D eigenvalue weighted by Crippen LogP contribution is -2.44. The zero-order valence-corrected chi connectivity index (χ0v) is 20.7. The first-order valence-electron chi connectivity index (χ1n) is 12.7. The average molecular weight is 485 g/mol. The molecule has 1 unspecified atom stereocenters.